The van der Waals surface area contributed by atoms with E-state index in [4.69, 9.17) is 4.74 Å². The number of nitrogens with one attached hydrogen (secondary N) is 3. The van der Waals surface area contributed by atoms with Crippen LogP contribution in [0.1, 0.15) is 26.6 Å². The molecule has 0 saturated carbocycles. The fourth-order valence-electron chi connectivity index (χ4n) is 2.24. The van der Waals surface area contributed by atoms with Crippen molar-refractivity contribution in [3.63, 3.8) is 0 Å². The minimum Gasteiger partial charge on any atom is -0.444 e. The second-order valence-electron chi connectivity index (χ2n) is 6.20. The Bertz CT molecular complexity index is 828. The molecule has 3 aromatic rings. The van der Waals surface area contributed by atoms with Crippen molar-refractivity contribution in [2.24, 2.45) is 0 Å². The topological polar surface area (TPSA) is 95.7 Å². The van der Waals surface area contributed by atoms with E-state index >= 15 is 0 Å². The van der Waals surface area contributed by atoms with Crippen molar-refractivity contribution in [2.75, 3.05) is 0 Å². The summed E-state index contributed by atoms with van der Waals surface area (Å²) in [7, 11) is 0. The van der Waals surface area contributed by atoms with Crippen molar-refractivity contribution in [1.29, 1.82) is 0 Å². The maximum Gasteiger partial charge on any atom is 0.408 e. The highest BCUT2D eigenvalue weighted by molar-refractivity contribution is 5.92. The smallest absolute Gasteiger partial charge is 0.408 e. The third kappa shape index (κ3) is 3.50. The molecule has 120 valence electrons. The monoisotopic (exact) mass is 313 g/mol. The molecule has 0 fully saturated rings. The number of H-pyrrole nitrogens is 2. The average Bonchev–Trinajstić information content (AvgIpc) is 3.09. The zero-order valence-corrected chi connectivity index (χ0v) is 13.3. The van der Waals surface area contributed by atoms with Gasteiger partial charge in [0.15, 0.2) is 0 Å². The van der Waals surface area contributed by atoms with Gasteiger partial charge < -0.3 is 20.0 Å². The van der Waals surface area contributed by atoms with E-state index in [1.54, 1.807) is 12.4 Å². The van der Waals surface area contributed by atoms with Gasteiger partial charge in [0.2, 0.25) is 0 Å². The predicted octanol–water partition coefficient (Wildman–Crippen LogP) is 2.98. The molecule has 0 radical (unpaired) electrons. The molecular weight excluding hydrogens is 294 g/mol. The van der Waals surface area contributed by atoms with Crippen LogP contribution < -0.4 is 5.32 Å². The number of amides is 1. The summed E-state index contributed by atoms with van der Waals surface area (Å²) in [6.45, 7) is 5.74. The fourth-order valence-corrected chi connectivity index (χ4v) is 2.24. The van der Waals surface area contributed by atoms with Crippen LogP contribution in [-0.4, -0.2) is 31.6 Å². The van der Waals surface area contributed by atoms with Crippen LogP contribution in [0.3, 0.4) is 0 Å². The molecule has 1 amide bonds. The first kappa shape index (κ1) is 15.1. The lowest BCUT2D eigenvalue weighted by atomic mass is 10.2. The van der Waals surface area contributed by atoms with Gasteiger partial charge in [-0.1, -0.05) is 0 Å². The van der Waals surface area contributed by atoms with Crippen LogP contribution in [0, 0.1) is 0 Å². The Balaban J connectivity index is 1.70. The number of carbonyl (C=O) groups excluding carboxylic acids is 1. The summed E-state index contributed by atoms with van der Waals surface area (Å²) in [6, 6.07) is 3.88. The normalized spacial score (nSPS) is 11.6. The van der Waals surface area contributed by atoms with Crippen LogP contribution >= 0.6 is 0 Å². The Hall–Kier alpha value is -2.83. The van der Waals surface area contributed by atoms with E-state index in [0.29, 0.717) is 5.82 Å². The largest absolute Gasteiger partial charge is 0.444 e. The van der Waals surface area contributed by atoms with E-state index in [1.807, 2.05) is 39.1 Å². The summed E-state index contributed by atoms with van der Waals surface area (Å²) in [6.07, 6.45) is 4.90. The van der Waals surface area contributed by atoms with Crippen molar-refractivity contribution in [2.45, 2.75) is 32.9 Å². The SMILES string of the molecule is CC(C)(C)OC(=O)NCc1ncc(-c2c[nH]c3ncccc23)[nH]1. The van der Waals surface area contributed by atoms with E-state index in [9.17, 15) is 4.79 Å². The number of aromatic amines is 2. The second kappa shape index (κ2) is 5.75. The zero-order valence-electron chi connectivity index (χ0n) is 13.3. The molecule has 0 aliphatic carbocycles. The van der Waals surface area contributed by atoms with Gasteiger partial charge in [-0.15, -0.1) is 0 Å². The highest BCUT2D eigenvalue weighted by atomic mass is 16.6. The number of carbonyl (C=O) groups is 1. The number of rotatable bonds is 3. The third-order valence-corrected chi connectivity index (χ3v) is 3.17. The molecule has 23 heavy (non-hydrogen) atoms. The van der Waals surface area contributed by atoms with Gasteiger partial charge in [-0.3, -0.25) is 0 Å². The van der Waals surface area contributed by atoms with Gasteiger partial charge in [-0.25, -0.2) is 14.8 Å². The van der Waals surface area contributed by atoms with Crippen molar-refractivity contribution in [1.82, 2.24) is 25.3 Å². The molecule has 3 N–H and O–H groups in total. The van der Waals surface area contributed by atoms with Gasteiger partial charge in [-0.05, 0) is 32.9 Å². The predicted molar refractivity (Wildman–Crippen MR) is 86.7 cm³/mol. The summed E-state index contributed by atoms with van der Waals surface area (Å²) in [5.74, 6) is 0.657. The lowest BCUT2D eigenvalue weighted by Gasteiger charge is -2.19. The minimum atomic E-state index is -0.518. The minimum absolute atomic E-state index is 0.273. The molecule has 0 atom stereocenters. The molecule has 3 rings (SSSR count). The number of fused-ring (bicyclic) bond motifs is 1. The first-order valence-corrected chi connectivity index (χ1v) is 7.35. The maximum absolute atomic E-state index is 11.7. The van der Waals surface area contributed by atoms with Crippen molar-refractivity contribution in [3.05, 3.63) is 36.5 Å². The third-order valence-electron chi connectivity index (χ3n) is 3.17. The summed E-state index contributed by atoms with van der Waals surface area (Å²) < 4.78 is 5.19. The zero-order chi connectivity index (χ0) is 16.4. The number of hydrogen-bond donors (Lipinski definition) is 3. The fraction of sp³-hybridized carbons (Fsp3) is 0.312. The van der Waals surface area contributed by atoms with Crippen molar-refractivity contribution >= 4 is 17.1 Å². The number of imidazole rings is 1. The van der Waals surface area contributed by atoms with E-state index in [0.717, 1.165) is 22.3 Å². The summed E-state index contributed by atoms with van der Waals surface area (Å²) in [5.41, 5.74) is 2.16. The van der Waals surface area contributed by atoms with Gasteiger partial charge in [0, 0.05) is 23.3 Å². The molecule has 3 heterocycles. The van der Waals surface area contributed by atoms with Crippen LogP contribution in [0.15, 0.2) is 30.7 Å². The van der Waals surface area contributed by atoms with Gasteiger partial charge in [-0.2, -0.15) is 0 Å². The van der Waals surface area contributed by atoms with Crippen LogP contribution in [0.2, 0.25) is 0 Å². The number of ether oxygens (including phenoxy) is 1. The number of aromatic nitrogens is 4. The summed E-state index contributed by atoms with van der Waals surface area (Å²) in [5, 5.41) is 3.69. The molecule has 0 aromatic carbocycles. The van der Waals surface area contributed by atoms with E-state index in [1.165, 1.54) is 0 Å². The molecular formula is C16H19N5O2. The van der Waals surface area contributed by atoms with Gasteiger partial charge in [0.1, 0.15) is 17.1 Å². The number of alkyl carbamates (subject to hydrolysis) is 1. The highest BCUT2D eigenvalue weighted by Gasteiger charge is 2.16. The summed E-state index contributed by atoms with van der Waals surface area (Å²) in [4.78, 5) is 26.5. The lowest BCUT2D eigenvalue weighted by Crippen LogP contribution is -2.32. The Kier molecular flexibility index (Phi) is 3.77. The van der Waals surface area contributed by atoms with Crippen LogP contribution in [-0.2, 0) is 11.3 Å². The van der Waals surface area contributed by atoms with E-state index in [-0.39, 0.29) is 6.54 Å². The van der Waals surface area contributed by atoms with Crippen LogP contribution in [0.5, 0.6) is 0 Å². The van der Waals surface area contributed by atoms with Gasteiger partial charge in [0.05, 0.1) is 18.4 Å². The number of hydrogen-bond acceptors (Lipinski definition) is 4. The van der Waals surface area contributed by atoms with E-state index in [2.05, 4.69) is 25.3 Å². The highest BCUT2D eigenvalue weighted by Crippen LogP contribution is 2.25. The molecule has 0 unspecified atom stereocenters. The molecule has 3 aromatic heterocycles. The van der Waals surface area contributed by atoms with Gasteiger partial charge >= 0.3 is 6.09 Å². The Morgan fingerprint density at radius 2 is 2.17 bits per heavy atom. The molecule has 0 aliphatic heterocycles. The first-order valence-electron chi connectivity index (χ1n) is 7.35. The maximum atomic E-state index is 11.7. The quantitative estimate of drug-likeness (QED) is 0.692. The Morgan fingerprint density at radius 1 is 1.35 bits per heavy atom. The number of pyridine rings is 1. The molecule has 0 bridgehead atoms. The second-order valence-corrected chi connectivity index (χ2v) is 6.20. The van der Waals surface area contributed by atoms with Crippen LogP contribution in [0.4, 0.5) is 4.79 Å². The molecule has 0 saturated heterocycles. The first-order chi connectivity index (χ1) is 10.9. The van der Waals surface area contributed by atoms with Crippen molar-refractivity contribution in [3.8, 4) is 11.3 Å². The van der Waals surface area contributed by atoms with Crippen molar-refractivity contribution < 1.29 is 9.53 Å². The lowest BCUT2D eigenvalue weighted by molar-refractivity contribution is 0.0522. The Morgan fingerprint density at radius 3 is 2.96 bits per heavy atom. The molecule has 0 spiro atoms. The summed E-state index contributed by atoms with van der Waals surface area (Å²) >= 11 is 0. The number of nitrogens with zero attached hydrogens (tertiary/aromatic N) is 2. The van der Waals surface area contributed by atoms with E-state index < -0.39 is 11.7 Å². The molecule has 7 nitrogen and oxygen atoms in total. The average molecular weight is 313 g/mol. The molecule has 7 heteroatoms. The van der Waals surface area contributed by atoms with Gasteiger partial charge in [0.25, 0.3) is 0 Å². The Labute approximate surface area is 133 Å². The molecule has 0 aliphatic rings. The van der Waals surface area contributed by atoms with Crippen LogP contribution in [0.25, 0.3) is 22.3 Å². The standard InChI is InChI=1S/C16H19N5O2/c1-16(2,3)23-15(22)20-9-13-18-8-12(21-13)11-7-19-14-10(11)5-4-6-17-14/h4-8H,9H2,1-3H3,(H,17,19)(H,18,21)(H,20,22).